The monoisotopic (exact) mass is 224 g/mol. The number of rotatable bonds is 2. The standard InChI is InChI=1S/C8H4Cl2F2O/c9-5-3-1-2-4(8(11)12)6(5)7(10)13/h1-3,8H. The molecule has 0 unspecified atom stereocenters. The van der Waals surface area contributed by atoms with E-state index in [0.717, 1.165) is 6.07 Å². The van der Waals surface area contributed by atoms with Gasteiger partial charge in [-0.25, -0.2) is 8.78 Å². The second-order valence-electron chi connectivity index (χ2n) is 2.28. The van der Waals surface area contributed by atoms with Crippen LogP contribution >= 0.6 is 23.2 Å². The molecule has 1 rings (SSSR count). The number of hydrogen-bond acceptors (Lipinski definition) is 1. The van der Waals surface area contributed by atoms with Gasteiger partial charge in [0.25, 0.3) is 11.7 Å². The zero-order valence-corrected chi connectivity index (χ0v) is 7.74. The SMILES string of the molecule is O=C(Cl)c1c(Cl)cccc1C(F)F. The van der Waals surface area contributed by atoms with E-state index in [-0.39, 0.29) is 10.6 Å². The third-order valence-electron chi connectivity index (χ3n) is 1.48. The Kier molecular flexibility index (Phi) is 3.22. The molecule has 0 amide bonds. The zero-order valence-electron chi connectivity index (χ0n) is 6.23. The van der Waals surface area contributed by atoms with E-state index in [9.17, 15) is 13.6 Å². The van der Waals surface area contributed by atoms with Crippen molar-refractivity contribution in [2.45, 2.75) is 6.43 Å². The maximum Gasteiger partial charge on any atom is 0.264 e. The second-order valence-corrected chi connectivity index (χ2v) is 3.03. The molecular weight excluding hydrogens is 221 g/mol. The summed E-state index contributed by atoms with van der Waals surface area (Å²) in [6.07, 6.45) is -2.75. The fraction of sp³-hybridized carbons (Fsp3) is 0.125. The number of benzene rings is 1. The minimum absolute atomic E-state index is 0.0576. The third kappa shape index (κ3) is 2.17. The van der Waals surface area contributed by atoms with E-state index in [1.807, 2.05) is 0 Å². The van der Waals surface area contributed by atoms with Crippen LogP contribution in [0.5, 0.6) is 0 Å². The van der Waals surface area contributed by atoms with E-state index >= 15 is 0 Å². The summed E-state index contributed by atoms with van der Waals surface area (Å²) >= 11 is 10.6. The van der Waals surface area contributed by atoms with Gasteiger partial charge in [0.05, 0.1) is 10.6 Å². The molecule has 1 aromatic carbocycles. The zero-order chi connectivity index (χ0) is 10.0. The van der Waals surface area contributed by atoms with Crippen molar-refractivity contribution >= 4 is 28.4 Å². The highest BCUT2D eigenvalue weighted by Gasteiger charge is 2.19. The quantitative estimate of drug-likeness (QED) is 0.702. The molecule has 0 radical (unpaired) electrons. The summed E-state index contributed by atoms with van der Waals surface area (Å²) in [6, 6.07) is 3.79. The fourth-order valence-corrected chi connectivity index (χ4v) is 1.46. The fourth-order valence-electron chi connectivity index (χ4n) is 0.930. The number of carbonyl (C=O) groups excluding carboxylic acids is 1. The minimum Gasteiger partial charge on any atom is -0.276 e. The van der Waals surface area contributed by atoms with Gasteiger partial charge in [0.2, 0.25) is 0 Å². The molecule has 1 nitrogen and oxygen atoms in total. The van der Waals surface area contributed by atoms with Gasteiger partial charge in [-0.15, -0.1) is 0 Å². The molecule has 0 N–H and O–H groups in total. The van der Waals surface area contributed by atoms with E-state index in [1.54, 1.807) is 0 Å². The molecule has 0 heterocycles. The minimum atomic E-state index is -2.75. The summed E-state index contributed by atoms with van der Waals surface area (Å²) in [5.74, 6) is 0. The lowest BCUT2D eigenvalue weighted by atomic mass is 10.1. The van der Waals surface area contributed by atoms with Gasteiger partial charge in [0.15, 0.2) is 0 Å². The summed E-state index contributed by atoms with van der Waals surface area (Å²) in [4.78, 5) is 10.7. The average Bonchev–Trinajstić information content (AvgIpc) is 2.02. The predicted octanol–water partition coefficient (Wildman–Crippen LogP) is 3.66. The topological polar surface area (TPSA) is 17.1 Å². The Hall–Kier alpha value is -0.670. The summed E-state index contributed by atoms with van der Waals surface area (Å²) in [5.41, 5.74) is -0.756. The van der Waals surface area contributed by atoms with Crippen molar-refractivity contribution in [2.24, 2.45) is 0 Å². The van der Waals surface area contributed by atoms with Crippen molar-refractivity contribution in [1.82, 2.24) is 0 Å². The van der Waals surface area contributed by atoms with E-state index in [4.69, 9.17) is 23.2 Å². The van der Waals surface area contributed by atoms with Crippen LogP contribution < -0.4 is 0 Å². The van der Waals surface area contributed by atoms with E-state index < -0.39 is 17.2 Å². The van der Waals surface area contributed by atoms with Crippen molar-refractivity contribution in [1.29, 1.82) is 0 Å². The van der Waals surface area contributed by atoms with Crippen molar-refractivity contribution < 1.29 is 13.6 Å². The first-order valence-corrected chi connectivity index (χ1v) is 4.06. The molecule has 0 aromatic heterocycles. The predicted molar refractivity (Wildman–Crippen MR) is 46.6 cm³/mol. The van der Waals surface area contributed by atoms with Crippen LogP contribution in [0.3, 0.4) is 0 Å². The van der Waals surface area contributed by atoms with Crippen LogP contribution in [-0.4, -0.2) is 5.24 Å². The lowest BCUT2D eigenvalue weighted by molar-refractivity contribution is 0.106. The number of hydrogen-bond donors (Lipinski definition) is 0. The molecule has 0 spiro atoms. The van der Waals surface area contributed by atoms with Gasteiger partial charge >= 0.3 is 0 Å². The first-order valence-electron chi connectivity index (χ1n) is 3.30. The second kappa shape index (κ2) is 4.03. The Balaban J connectivity index is 3.34. The smallest absolute Gasteiger partial charge is 0.264 e. The van der Waals surface area contributed by atoms with Gasteiger partial charge in [-0.05, 0) is 17.7 Å². The summed E-state index contributed by atoms with van der Waals surface area (Å²) in [7, 11) is 0. The molecule has 5 heteroatoms. The van der Waals surface area contributed by atoms with Gasteiger partial charge in [-0.1, -0.05) is 23.7 Å². The van der Waals surface area contributed by atoms with E-state index in [0.29, 0.717) is 0 Å². The maximum absolute atomic E-state index is 12.3. The van der Waals surface area contributed by atoms with Gasteiger partial charge in [0.1, 0.15) is 0 Å². The van der Waals surface area contributed by atoms with Gasteiger partial charge in [-0.2, -0.15) is 0 Å². The number of alkyl halides is 2. The summed E-state index contributed by atoms with van der Waals surface area (Å²) < 4.78 is 24.6. The highest BCUT2D eigenvalue weighted by Crippen LogP contribution is 2.29. The Morgan fingerprint density at radius 2 is 2.00 bits per heavy atom. The molecule has 1 aromatic rings. The summed E-state index contributed by atoms with van der Waals surface area (Å²) in [6.45, 7) is 0. The van der Waals surface area contributed by atoms with Gasteiger partial charge in [0, 0.05) is 5.56 Å². The van der Waals surface area contributed by atoms with Crippen LogP contribution in [0.1, 0.15) is 22.3 Å². The normalized spacial score (nSPS) is 10.5. The molecule has 0 saturated carbocycles. The molecule has 13 heavy (non-hydrogen) atoms. The average molecular weight is 225 g/mol. The van der Waals surface area contributed by atoms with Gasteiger partial charge in [-0.3, -0.25) is 4.79 Å². The molecular formula is C8H4Cl2F2O. The van der Waals surface area contributed by atoms with Crippen molar-refractivity contribution in [3.63, 3.8) is 0 Å². The van der Waals surface area contributed by atoms with Crippen LogP contribution in [0.15, 0.2) is 18.2 Å². The first-order chi connectivity index (χ1) is 6.04. The Morgan fingerprint density at radius 3 is 2.38 bits per heavy atom. The molecule has 0 aliphatic carbocycles. The Morgan fingerprint density at radius 1 is 1.38 bits per heavy atom. The van der Waals surface area contributed by atoms with Crippen LogP contribution in [0.25, 0.3) is 0 Å². The van der Waals surface area contributed by atoms with Gasteiger partial charge < -0.3 is 0 Å². The Bertz CT molecular complexity index is 339. The number of carbonyl (C=O) groups is 1. The van der Waals surface area contributed by atoms with Crippen molar-refractivity contribution in [3.05, 3.63) is 34.3 Å². The van der Waals surface area contributed by atoms with Crippen molar-refractivity contribution in [3.8, 4) is 0 Å². The molecule has 0 bridgehead atoms. The van der Waals surface area contributed by atoms with E-state index in [2.05, 4.69) is 0 Å². The van der Waals surface area contributed by atoms with Crippen LogP contribution in [-0.2, 0) is 0 Å². The molecule has 0 aliphatic heterocycles. The van der Waals surface area contributed by atoms with Crippen LogP contribution in [0.4, 0.5) is 8.78 Å². The number of halogens is 4. The third-order valence-corrected chi connectivity index (χ3v) is 1.98. The first kappa shape index (κ1) is 10.4. The van der Waals surface area contributed by atoms with Crippen LogP contribution in [0, 0.1) is 0 Å². The molecule has 0 aliphatic rings. The Labute approximate surface area is 83.3 Å². The highest BCUT2D eigenvalue weighted by atomic mass is 35.5. The maximum atomic E-state index is 12.3. The van der Waals surface area contributed by atoms with Crippen molar-refractivity contribution in [2.75, 3.05) is 0 Å². The van der Waals surface area contributed by atoms with E-state index in [1.165, 1.54) is 12.1 Å². The lowest BCUT2D eigenvalue weighted by Gasteiger charge is -2.05. The highest BCUT2D eigenvalue weighted by molar-refractivity contribution is 6.69. The lowest BCUT2D eigenvalue weighted by Crippen LogP contribution is -1.98. The molecule has 0 fully saturated rings. The largest absolute Gasteiger partial charge is 0.276 e. The molecule has 0 atom stereocenters. The molecule has 0 saturated heterocycles. The van der Waals surface area contributed by atoms with Crippen LogP contribution in [0.2, 0.25) is 5.02 Å². The molecule has 70 valence electrons. The summed E-state index contributed by atoms with van der Waals surface area (Å²) in [5, 5.41) is -1.03.